The third-order valence-electron chi connectivity index (χ3n) is 2.99. The molecule has 20 heavy (non-hydrogen) atoms. The van der Waals surface area contributed by atoms with Crippen LogP contribution in [0.2, 0.25) is 0 Å². The summed E-state index contributed by atoms with van der Waals surface area (Å²) in [7, 11) is -2.37. The Labute approximate surface area is 130 Å². The van der Waals surface area contributed by atoms with E-state index in [1.165, 1.54) is 13.2 Å². The summed E-state index contributed by atoms with van der Waals surface area (Å²) in [6.45, 7) is 1.59. The van der Waals surface area contributed by atoms with Gasteiger partial charge in [-0.15, -0.1) is 11.3 Å². The smallest absolute Gasteiger partial charge is 0.348 e. The number of rotatable bonds is 4. The first-order valence-electron chi connectivity index (χ1n) is 6.04. The molecule has 0 amide bonds. The number of nitrogens with one attached hydrogen (secondary N) is 2. The number of piperidine rings is 1. The molecule has 0 atom stereocenters. The van der Waals surface area contributed by atoms with Crippen LogP contribution < -0.4 is 10.0 Å². The van der Waals surface area contributed by atoms with Gasteiger partial charge in [0.25, 0.3) is 0 Å². The fraction of sp³-hybridized carbons (Fsp3) is 0.545. The highest BCUT2D eigenvalue weighted by atomic mass is 79.9. The van der Waals surface area contributed by atoms with Gasteiger partial charge in [-0.25, -0.2) is 17.9 Å². The van der Waals surface area contributed by atoms with Gasteiger partial charge >= 0.3 is 5.97 Å². The molecule has 2 rings (SSSR count). The van der Waals surface area contributed by atoms with E-state index < -0.39 is 16.0 Å². The van der Waals surface area contributed by atoms with E-state index >= 15 is 0 Å². The number of hydrogen-bond acceptors (Lipinski definition) is 6. The van der Waals surface area contributed by atoms with Crippen LogP contribution in [0, 0.1) is 0 Å². The molecule has 0 radical (unpaired) electrons. The molecule has 1 aliphatic rings. The zero-order valence-corrected chi connectivity index (χ0v) is 14.0. The van der Waals surface area contributed by atoms with Crippen molar-refractivity contribution >= 4 is 43.3 Å². The fourth-order valence-electron chi connectivity index (χ4n) is 1.96. The molecule has 0 saturated carbocycles. The van der Waals surface area contributed by atoms with E-state index in [-0.39, 0.29) is 15.8 Å². The minimum absolute atomic E-state index is 0.0744. The van der Waals surface area contributed by atoms with Crippen molar-refractivity contribution < 1.29 is 17.9 Å². The first-order chi connectivity index (χ1) is 9.44. The van der Waals surface area contributed by atoms with E-state index in [2.05, 4.69) is 30.7 Å². The van der Waals surface area contributed by atoms with Crippen LogP contribution in [0.15, 0.2) is 14.7 Å². The highest BCUT2D eigenvalue weighted by Gasteiger charge is 2.26. The highest BCUT2D eigenvalue weighted by molar-refractivity contribution is 9.11. The van der Waals surface area contributed by atoms with Crippen LogP contribution in [0.4, 0.5) is 0 Å². The SMILES string of the molecule is COC(=O)c1cc(S(=O)(=O)NC2CCNCC2)c(Br)s1. The van der Waals surface area contributed by atoms with Gasteiger partial charge in [0.15, 0.2) is 0 Å². The number of halogens is 1. The van der Waals surface area contributed by atoms with E-state index in [0.717, 1.165) is 37.3 Å². The standard InChI is InChI=1S/C11H15BrN2O4S2/c1-18-11(15)8-6-9(10(12)19-8)20(16,17)14-7-2-4-13-5-3-7/h6-7,13-14H,2-5H2,1H3. The van der Waals surface area contributed by atoms with Gasteiger partial charge < -0.3 is 10.1 Å². The molecule has 6 nitrogen and oxygen atoms in total. The monoisotopic (exact) mass is 382 g/mol. The molecule has 1 aliphatic heterocycles. The molecule has 0 aromatic carbocycles. The zero-order valence-electron chi connectivity index (χ0n) is 10.8. The molecule has 0 spiro atoms. The Morgan fingerprint density at radius 3 is 2.75 bits per heavy atom. The number of ether oxygens (including phenoxy) is 1. The summed E-state index contributed by atoms with van der Waals surface area (Å²) >= 11 is 4.24. The van der Waals surface area contributed by atoms with Crippen molar-refractivity contribution in [2.45, 2.75) is 23.8 Å². The number of esters is 1. The van der Waals surface area contributed by atoms with Crippen LogP contribution >= 0.6 is 27.3 Å². The van der Waals surface area contributed by atoms with Gasteiger partial charge in [0, 0.05) is 6.04 Å². The number of methoxy groups -OCH3 is 1. The van der Waals surface area contributed by atoms with Gasteiger partial charge in [-0.1, -0.05) is 0 Å². The number of carbonyl (C=O) groups excluding carboxylic acids is 1. The molecule has 0 bridgehead atoms. The number of carbonyl (C=O) groups is 1. The molecule has 1 aromatic rings. The van der Waals surface area contributed by atoms with Gasteiger partial charge in [0.2, 0.25) is 10.0 Å². The van der Waals surface area contributed by atoms with E-state index in [1.54, 1.807) is 0 Å². The Balaban J connectivity index is 2.20. The van der Waals surface area contributed by atoms with Gasteiger partial charge in [-0.2, -0.15) is 0 Å². The third-order valence-corrected chi connectivity index (χ3v) is 6.75. The predicted octanol–water partition coefficient (Wildman–Crippen LogP) is 1.33. The fourth-order valence-corrected chi connectivity index (χ4v) is 5.75. The lowest BCUT2D eigenvalue weighted by Gasteiger charge is -2.23. The Morgan fingerprint density at radius 1 is 1.50 bits per heavy atom. The quantitative estimate of drug-likeness (QED) is 0.767. The van der Waals surface area contributed by atoms with Crippen LogP contribution in [-0.2, 0) is 14.8 Å². The first kappa shape index (κ1) is 15.9. The largest absolute Gasteiger partial charge is 0.465 e. The van der Waals surface area contributed by atoms with E-state index in [0.29, 0.717) is 3.79 Å². The molecule has 2 N–H and O–H groups in total. The molecule has 112 valence electrons. The average molecular weight is 383 g/mol. The summed E-state index contributed by atoms with van der Waals surface area (Å²) in [5.41, 5.74) is 0. The van der Waals surface area contributed by atoms with Crippen molar-refractivity contribution in [2.24, 2.45) is 0 Å². The van der Waals surface area contributed by atoms with Crippen LogP contribution in [0.25, 0.3) is 0 Å². The number of sulfonamides is 1. The van der Waals surface area contributed by atoms with Crippen LogP contribution in [0.5, 0.6) is 0 Å². The molecule has 2 heterocycles. The lowest BCUT2D eigenvalue weighted by molar-refractivity contribution is 0.0606. The molecule has 9 heteroatoms. The molecule has 1 fully saturated rings. The molecule has 0 unspecified atom stereocenters. The summed E-state index contributed by atoms with van der Waals surface area (Å²) in [6, 6.07) is 1.26. The molecule has 0 aliphatic carbocycles. The second-order valence-electron chi connectivity index (χ2n) is 4.39. The van der Waals surface area contributed by atoms with Crippen molar-refractivity contribution in [3.8, 4) is 0 Å². The summed E-state index contributed by atoms with van der Waals surface area (Å²) < 4.78 is 32.4. The summed E-state index contributed by atoms with van der Waals surface area (Å²) in [5.74, 6) is -0.543. The predicted molar refractivity (Wildman–Crippen MR) is 79.6 cm³/mol. The van der Waals surface area contributed by atoms with Gasteiger partial charge in [0.1, 0.15) is 9.77 Å². The van der Waals surface area contributed by atoms with Gasteiger partial charge in [-0.05, 0) is 47.9 Å². The first-order valence-corrected chi connectivity index (χ1v) is 9.14. The Bertz CT molecular complexity index is 594. The second kappa shape index (κ2) is 6.52. The average Bonchev–Trinajstić information content (AvgIpc) is 2.81. The topological polar surface area (TPSA) is 84.5 Å². The lowest BCUT2D eigenvalue weighted by Crippen LogP contribution is -2.42. The molecule has 1 aromatic heterocycles. The van der Waals surface area contributed by atoms with Crippen molar-refractivity contribution in [1.29, 1.82) is 0 Å². The maximum absolute atomic E-state index is 12.3. The normalized spacial score (nSPS) is 17.1. The van der Waals surface area contributed by atoms with E-state index in [9.17, 15) is 13.2 Å². The van der Waals surface area contributed by atoms with Crippen molar-refractivity contribution in [1.82, 2.24) is 10.0 Å². The summed E-state index contributed by atoms with van der Waals surface area (Å²) in [6.07, 6.45) is 1.51. The second-order valence-corrected chi connectivity index (χ2v) is 8.44. The zero-order chi connectivity index (χ0) is 14.8. The Morgan fingerprint density at radius 2 is 2.15 bits per heavy atom. The van der Waals surface area contributed by atoms with Crippen LogP contribution in [-0.4, -0.2) is 40.6 Å². The van der Waals surface area contributed by atoms with E-state index in [1.807, 2.05) is 0 Å². The van der Waals surface area contributed by atoms with Gasteiger partial charge in [-0.3, -0.25) is 0 Å². The summed E-state index contributed by atoms with van der Waals surface area (Å²) in [4.78, 5) is 11.8. The Kier molecular flexibility index (Phi) is 5.19. The Hall–Kier alpha value is -0.480. The maximum Gasteiger partial charge on any atom is 0.348 e. The lowest BCUT2D eigenvalue weighted by atomic mass is 10.1. The molecular weight excluding hydrogens is 368 g/mol. The number of hydrogen-bond donors (Lipinski definition) is 2. The third kappa shape index (κ3) is 3.59. The maximum atomic E-state index is 12.3. The molecular formula is C11H15BrN2O4S2. The van der Waals surface area contributed by atoms with Crippen molar-refractivity contribution in [3.63, 3.8) is 0 Å². The van der Waals surface area contributed by atoms with Crippen molar-refractivity contribution in [2.75, 3.05) is 20.2 Å². The summed E-state index contributed by atoms with van der Waals surface area (Å²) in [5, 5.41) is 3.18. The molecule has 1 saturated heterocycles. The minimum atomic E-state index is -3.63. The minimum Gasteiger partial charge on any atom is -0.465 e. The number of thiophene rings is 1. The van der Waals surface area contributed by atoms with Gasteiger partial charge in [0.05, 0.1) is 10.9 Å². The highest BCUT2D eigenvalue weighted by Crippen LogP contribution is 2.32. The van der Waals surface area contributed by atoms with Crippen molar-refractivity contribution in [3.05, 3.63) is 14.7 Å². The van der Waals surface area contributed by atoms with Crippen LogP contribution in [0.1, 0.15) is 22.5 Å². The van der Waals surface area contributed by atoms with E-state index in [4.69, 9.17) is 0 Å². The van der Waals surface area contributed by atoms with Crippen LogP contribution in [0.3, 0.4) is 0 Å².